The number of carbonyl (C=O) groups is 2. The fourth-order valence-electron chi connectivity index (χ4n) is 2.55. The number of amides is 2. The second kappa shape index (κ2) is 8.80. The molecule has 7 heteroatoms. The number of hydrogen-bond donors (Lipinski definition) is 2. The molecular weight excluding hydrogens is 306 g/mol. The SMILES string of the molecule is CNCCC(=O)N1CCC(NC(=O)c2ccoc2C)CC1.Cl. The highest BCUT2D eigenvalue weighted by Gasteiger charge is 2.24. The maximum atomic E-state index is 12.1. The van der Waals surface area contributed by atoms with Crippen molar-refractivity contribution < 1.29 is 14.0 Å². The molecule has 2 rings (SSSR count). The number of carbonyl (C=O) groups excluding carboxylic acids is 2. The number of piperidine rings is 1. The summed E-state index contributed by atoms with van der Waals surface area (Å²) in [6.45, 7) is 3.89. The minimum atomic E-state index is -0.0961. The first-order valence-electron chi connectivity index (χ1n) is 7.39. The van der Waals surface area contributed by atoms with Crippen molar-refractivity contribution >= 4 is 24.2 Å². The van der Waals surface area contributed by atoms with E-state index in [9.17, 15) is 9.59 Å². The molecule has 22 heavy (non-hydrogen) atoms. The summed E-state index contributed by atoms with van der Waals surface area (Å²) in [5, 5.41) is 6.00. The Balaban J connectivity index is 0.00000242. The maximum Gasteiger partial charge on any atom is 0.255 e. The Kier molecular flexibility index (Phi) is 7.41. The lowest BCUT2D eigenvalue weighted by Gasteiger charge is -2.32. The highest BCUT2D eigenvalue weighted by Crippen LogP contribution is 2.14. The van der Waals surface area contributed by atoms with Crippen LogP contribution < -0.4 is 10.6 Å². The summed E-state index contributed by atoms with van der Waals surface area (Å²) in [4.78, 5) is 25.9. The molecule has 124 valence electrons. The van der Waals surface area contributed by atoms with Gasteiger partial charge in [-0.2, -0.15) is 0 Å². The van der Waals surface area contributed by atoms with E-state index in [4.69, 9.17) is 4.42 Å². The fourth-order valence-corrected chi connectivity index (χ4v) is 2.55. The molecule has 0 radical (unpaired) electrons. The monoisotopic (exact) mass is 329 g/mol. The largest absolute Gasteiger partial charge is 0.469 e. The zero-order chi connectivity index (χ0) is 15.2. The molecular formula is C15H24ClN3O3. The van der Waals surface area contributed by atoms with Gasteiger partial charge in [-0.3, -0.25) is 9.59 Å². The van der Waals surface area contributed by atoms with E-state index in [0.717, 1.165) is 12.8 Å². The lowest BCUT2D eigenvalue weighted by Crippen LogP contribution is -2.46. The number of furan rings is 1. The van der Waals surface area contributed by atoms with Crippen LogP contribution in [0.15, 0.2) is 16.7 Å². The first kappa shape index (κ1) is 18.5. The number of halogens is 1. The van der Waals surface area contributed by atoms with Crippen LogP contribution in [0.4, 0.5) is 0 Å². The van der Waals surface area contributed by atoms with E-state index >= 15 is 0 Å². The van der Waals surface area contributed by atoms with Crippen molar-refractivity contribution in [1.82, 2.24) is 15.5 Å². The predicted octanol–water partition coefficient (Wildman–Crippen LogP) is 1.34. The Morgan fingerprint density at radius 2 is 2.05 bits per heavy atom. The van der Waals surface area contributed by atoms with Crippen molar-refractivity contribution in [2.24, 2.45) is 0 Å². The summed E-state index contributed by atoms with van der Waals surface area (Å²) in [5.41, 5.74) is 0.586. The third kappa shape index (κ3) is 4.74. The van der Waals surface area contributed by atoms with Crippen LogP contribution in [0.1, 0.15) is 35.4 Å². The van der Waals surface area contributed by atoms with Crippen molar-refractivity contribution in [3.8, 4) is 0 Å². The van der Waals surface area contributed by atoms with E-state index in [1.807, 2.05) is 11.9 Å². The Hall–Kier alpha value is -1.53. The Morgan fingerprint density at radius 1 is 1.36 bits per heavy atom. The number of rotatable bonds is 5. The van der Waals surface area contributed by atoms with Crippen LogP contribution >= 0.6 is 12.4 Å². The van der Waals surface area contributed by atoms with Gasteiger partial charge in [-0.05, 0) is 32.9 Å². The van der Waals surface area contributed by atoms with Gasteiger partial charge in [0.15, 0.2) is 0 Å². The second-order valence-corrected chi connectivity index (χ2v) is 5.37. The van der Waals surface area contributed by atoms with Crippen molar-refractivity contribution in [2.75, 3.05) is 26.7 Å². The first-order chi connectivity index (χ1) is 10.1. The van der Waals surface area contributed by atoms with Gasteiger partial charge in [0.1, 0.15) is 5.76 Å². The molecule has 1 aliphatic rings. The van der Waals surface area contributed by atoms with Crippen LogP contribution in [0.25, 0.3) is 0 Å². The summed E-state index contributed by atoms with van der Waals surface area (Å²) >= 11 is 0. The predicted molar refractivity (Wildman–Crippen MR) is 86.3 cm³/mol. The molecule has 2 heterocycles. The highest BCUT2D eigenvalue weighted by atomic mass is 35.5. The van der Waals surface area contributed by atoms with E-state index in [1.54, 1.807) is 13.0 Å². The van der Waals surface area contributed by atoms with Crippen LogP contribution in [0, 0.1) is 6.92 Å². The van der Waals surface area contributed by atoms with Crippen LogP contribution in [0.2, 0.25) is 0 Å². The summed E-state index contributed by atoms with van der Waals surface area (Å²) in [6.07, 6.45) is 3.65. The smallest absolute Gasteiger partial charge is 0.255 e. The van der Waals surface area contributed by atoms with Crippen molar-refractivity contribution in [3.63, 3.8) is 0 Å². The van der Waals surface area contributed by atoms with Gasteiger partial charge in [0.2, 0.25) is 5.91 Å². The second-order valence-electron chi connectivity index (χ2n) is 5.37. The molecule has 2 N–H and O–H groups in total. The molecule has 0 saturated carbocycles. The lowest BCUT2D eigenvalue weighted by molar-refractivity contribution is -0.132. The number of likely N-dealkylation sites (tertiary alicyclic amines) is 1. The van der Waals surface area contributed by atoms with E-state index in [-0.39, 0.29) is 30.3 Å². The quantitative estimate of drug-likeness (QED) is 0.855. The summed E-state index contributed by atoms with van der Waals surface area (Å²) in [7, 11) is 1.84. The number of hydrogen-bond acceptors (Lipinski definition) is 4. The van der Waals surface area contributed by atoms with Crippen LogP contribution in [-0.4, -0.2) is 49.4 Å². The molecule has 0 atom stereocenters. The van der Waals surface area contributed by atoms with Gasteiger partial charge in [0.25, 0.3) is 5.91 Å². The van der Waals surface area contributed by atoms with E-state index in [2.05, 4.69) is 10.6 Å². The Bertz CT molecular complexity index is 496. The van der Waals surface area contributed by atoms with Gasteiger partial charge in [-0.1, -0.05) is 0 Å². The topological polar surface area (TPSA) is 74.6 Å². The molecule has 1 aromatic rings. The Morgan fingerprint density at radius 3 is 2.59 bits per heavy atom. The zero-order valence-corrected chi connectivity index (χ0v) is 13.9. The molecule has 0 spiro atoms. The van der Waals surface area contributed by atoms with Gasteiger partial charge in [0.05, 0.1) is 11.8 Å². The molecule has 1 saturated heterocycles. The third-order valence-electron chi connectivity index (χ3n) is 3.88. The summed E-state index contributed by atoms with van der Waals surface area (Å²) in [6, 6.07) is 1.81. The fraction of sp³-hybridized carbons (Fsp3) is 0.600. The molecule has 1 aliphatic heterocycles. The van der Waals surface area contributed by atoms with Crippen LogP contribution in [-0.2, 0) is 4.79 Å². The first-order valence-corrected chi connectivity index (χ1v) is 7.39. The van der Waals surface area contributed by atoms with E-state index in [0.29, 0.717) is 37.4 Å². The number of nitrogens with zero attached hydrogens (tertiary/aromatic N) is 1. The van der Waals surface area contributed by atoms with Crippen molar-refractivity contribution in [3.05, 3.63) is 23.7 Å². The molecule has 0 aliphatic carbocycles. The summed E-state index contributed by atoms with van der Waals surface area (Å²) in [5.74, 6) is 0.716. The van der Waals surface area contributed by atoms with E-state index in [1.165, 1.54) is 6.26 Å². The molecule has 6 nitrogen and oxygen atoms in total. The zero-order valence-electron chi connectivity index (χ0n) is 13.1. The van der Waals surface area contributed by atoms with Gasteiger partial charge in [0, 0.05) is 32.1 Å². The van der Waals surface area contributed by atoms with Crippen molar-refractivity contribution in [2.45, 2.75) is 32.2 Å². The molecule has 0 unspecified atom stereocenters. The van der Waals surface area contributed by atoms with E-state index < -0.39 is 0 Å². The normalized spacial score (nSPS) is 15.3. The molecule has 0 aromatic carbocycles. The molecule has 0 bridgehead atoms. The van der Waals surface area contributed by atoms with Gasteiger partial charge < -0.3 is 20.0 Å². The number of nitrogens with one attached hydrogen (secondary N) is 2. The lowest BCUT2D eigenvalue weighted by atomic mass is 10.0. The Labute approximate surface area is 137 Å². The van der Waals surface area contributed by atoms with Gasteiger partial charge in [-0.25, -0.2) is 0 Å². The number of aryl methyl sites for hydroxylation is 1. The maximum absolute atomic E-state index is 12.1. The standard InChI is InChI=1S/C15H23N3O3.ClH/c1-11-13(6-10-21-11)15(20)17-12-4-8-18(9-5-12)14(19)3-7-16-2;/h6,10,12,16H,3-5,7-9H2,1-2H3,(H,17,20);1H. The van der Waals surface area contributed by atoms with Gasteiger partial charge in [-0.15, -0.1) is 12.4 Å². The molecule has 2 amide bonds. The average Bonchev–Trinajstić information content (AvgIpc) is 2.91. The van der Waals surface area contributed by atoms with Crippen LogP contribution in [0.5, 0.6) is 0 Å². The minimum Gasteiger partial charge on any atom is -0.469 e. The third-order valence-corrected chi connectivity index (χ3v) is 3.88. The highest BCUT2D eigenvalue weighted by molar-refractivity contribution is 5.95. The minimum absolute atomic E-state index is 0. The summed E-state index contributed by atoms with van der Waals surface area (Å²) < 4.78 is 5.14. The van der Waals surface area contributed by atoms with Gasteiger partial charge >= 0.3 is 0 Å². The molecule has 1 fully saturated rings. The average molecular weight is 330 g/mol. The molecule has 1 aromatic heterocycles. The van der Waals surface area contributed by atoms with Crippen LogP contribution in [0.3, 0.4) is 0 Å². The van der Waals surface area contributed by atoms with Crippen molar-refractivity contribution in [1.29, 1.82) is 0 Å².